The van der Waals surface area contributed by atoms with E-state index >= 15 is 0 Å². The molecule has 96 valence electrons. The van der Waals surface area contributed by atoms with Crippen LogP contribution in [0.1, 0.15) is 0 Å². The van der Waals surface area contributed by atoms with Gasteiger partial charge in [0.05, 0.1) is 21.9 Å². The zero-order valence-corrected chi connectivity index (χ0v) is 11.9. The molecule has 0 amide bonds. The smallest absolute Gasteiger partial charge is 0.169 e. The van der Waals surface area contributed by atoms with Crippen LogP contribution in [0.2, 0.25) is 0 Å². The van der Waals surface area contributed by atoms with Crippen molar-refractivity contribution in [1.29, 1.82) is 0 Å². The van der Waals surface area contributed by atoms with Gasteiger partial charge >= 0.3 is 0 Å². The Balaban J connectivity index is 2.01. The first-order valence-corrected chi connectivity index (χ1v) is 6.96. The van der Waals surface area contributed by atoms with Crippen LogP contribution in [0.3, 0.4) is 0 Å². The molecule has 3 heterocycles. The highest BCUT2D eigenvalue weighted by Gasteiger charge is 2.09. The number of halogens is 1. The molecule has 0 aliphatic carbocycles. The van der Waals surface area contributed by atoms with E-state index in [1.54, 1.807) is 12.4 Å². The number of aromatic nitrogens is 4. The van der Waals surface area contributed by atoms with Crippen LogP contribution in [-0.2, 0) is 0 Å². The SMILES string of the molecule is Brc1cnn2c(-c3cnc4ccccc4c3)ccnc12. The molecule has 0 fully saturated rings. The van der Waals surface area contributed by atoms with Crippen LogP contribution in [-0.4, -0.2) is 19.6 Å². The Bertz CT molecular complexity index is 929. The van der Waals surface area contributed by atoms with Crippen LogP contribution in [0, 0.1) is 0 Å². The predicted octanol–water partition coefficient (Wildman–Crippen LogP) is 3.71. The van der Waals surface area contributed by atoms with Gasteiger partial charge in [0, 0.05) is 23.3 Å². The van der Waals surface area contributed by atoms with Crippen molar-refractivity contribution >= 4 is 32.5 Å². The van der Waals surface area contributed by atoms with Crippen LogP contribution < -0.4 is 0 Å². The number of hydrogen-bond acceptors (Lipinski definition) is 3. The average molecular weight is 325 g/mol. The molecule has 0 unspecified atom stereocenters. The first-order chi connectivity index (χ1) is 9.83. The Morgan fingerprint density at radius 1 is 1.00 bits per heavy atom. The number of benzene rings is 1. The molecule has 4 rings (SSSR count). The minimum absolute atomic E-state index is 0.802. The molecule has 0 bridgehead atoms. The Labute approximate surface area is 123 Å². The van der Waals surface area contributed by atoms with Crippen molar-refractivity contribution in [3.8, 4) is 11.3 Å². The van der Waals surface area contributed by atoms with Gasteiger partial charge in [-0.2, -0.15) is 5.10 Å². The Morgan fingerprint density at radius 2 is 1.90 bits per heavy atom. The largest absolute Gasteiger partial charge is 0.256 e. The minimum atomic E-state index is 0.802. The lowest BCUT2D eigenvalue weighted by atomic mass is 10.1. The molecule has 0 atom stereocenters. The van der Waals surface area contributed by atoms with Gasteiger partial charge in [-0.3, -0.25) is 4.98 Å². The summed E-state index contributed by atoms with van der Waals surface area (Å²) in [6.45, 7) is 0. The minimum Gasteiger partial charge on any atom is -0.256 e. The fourth-order valence-electron chi connectivity index (χ4n) is 2.29. The zero-order chi connectivity index (χ0) is 13.5. The number of nitrogens with zero attached hydrogens (tertiary/aromatic N) is 4. The van der Waals surface area contributed by atoms with Gasteiger partial charge in [0.2, 0.25) is 0 Å². The fourth-order valence-corrected chi connectivity index (χ4v) is 2.66. The summed E-state index contributed by atoms with van der Waals surface area (Å²) in [5.41, 5.74) is 3.78. The summed E-state index contributed by atoms with van der Waals surface area (Å²) >= 11 is 3.45. The summed E-state index contributed by atoms with van der Waals surface area (Å²) in [5, 5.41) is 5.47. The molecule has 0 aliphatic rings. The van der Waals surface area contributed by atoms with Gasteiger partial charge in [0.15, 0.2) is 5.65 Å². The molecule has 20 heavy (non-hydrogen) atoms. The Morgan fingerprint density at radius 3 is 2.85 bits per heavy atom. The molecule has 1 aromatic carbocycles. The van der Waals surface area contributed by atoms with Crippen molar-refractivity contribution in [1.82, 2.24) is 19.6 Å². The molecular formula is C15H9BrN4. The fraction of sp³-hybridized carbons (Fsp3) is 0. The van der Waals surface area contributed by atoms with E-state index in [-0.39, 0.29) is 0 Å². The summed E-state index contributed by atoms with van der Waals surface area (Å²) in [6.07, 6.45) is 5.40. The van der Waals surface area contributed by atoms with Crippen LogP contribution in [0.15, 0.2) is 59.5 Å². The number of pyridine rings is 1. The van der Waals surface area contributed by atoms with Gasteiger partial charge in [0.25, 0.3) is 0 Å². The zero-order valence-electron chi connectivity index (χ0n) is 10.4. The molecule has 0 aliphatic heterocycles. The molecular weight excluding hydrogens is 316 g/mol. The highest BCUT2D eigenvalue weighted by Crippen LogP contribution is 2.25. The van der Waals surface area contributed by atoms with Crippen molar-refractivity contribution in [2.24, 2.45) is 0 Å². The van der Waals surface area contributed by atoms with Crippen molar-refractivity contribution in [3.05, 3.63) is 59.5 Å². The summed E-state index contributed by atoms with van der Waals surface area (Å²) in [4.78, 5) is 8.82. The van der Waals surface area contributed by atoms with Gasteiger partial charge in [-0.15, -0.1) is 0 Å². The lowest BCUT2D eigenvalue weighted by molar-refractivity contribution is 0.947. The second-order valence-electron chi connectivity index (χ2n) is 4.47. The second kappa shape index (κ2) is 4.38. The Kier molecular flexibility index (Phi) is 2.53. The maximum atomic E-state index is 4.50. The normalized spacial score (nSPS) is 11.2. The lowest BCUT2D eigenvalue weighted by Gasteiger charge is -2.05. The molecule has 4 nitrogen and oxygen atoms in total. The van der Waals surface area contributed by atoms with Crippen molar-refractivity contribution in [3.63, 3.8) is 0 Å². The van der Waals surface area contributed by atoms with Gasteiger partial charge in [0.1, 0.15) is 0 Å². The summed E-state index contributed by atoms with van der Waals surface area (Å²) in [5.74, 6) is 0. The third kappa shape index (κ3) is 1.71. The second-order valence-corrected chi connectivity index (χ2v) is 5.33. The Hall–Kier alpha value is -2.27. The molecule has 0 radical (unpaired) electrons. The third-order valence-corrected chi connectivity index (χ3v) is 3.80. The van der Waals surface area contributed by atoms with Crippen molar-refractivity contribution in [2.45, 2.75) is 0 Å². The van der Waals surface area contributed by atoms with E-state index in [4.69, 9.17) is 0 Å². The number of hydrogen-bond donors (Lipinski definition) is 0. The van der Waals surface area contributed by atoms with Crippen molar-refractivity contribution in [2.75, 3.05) is 0 Å². The predicted molar refractivity (Wildman–Crippen MR) is 81.4 cm³/mol. The first-order valence-electron chi connectivity index (χ1n) is 6.16. The summed E-state index contributed by atoms with van der Waals surface area (Å²) in [6, 6.07) is 12.1. The van der Waals surface area contributed by atoms with Crippen molar-refractivity contribution < 1.29 is 0 Å². The van der Waals surface area contributed by atoms with E-state index in [0.29, 0.717) is 0 Å². The molecule has 3 aromatic heterocycles. The van der Waals surface area contributed by atoms with E-state index in [9.17, 15) is 0 Å². The maximum Gasteiger partial charge on any atom is 0.169 e. The summed E-state index contributed by atoms with van der Waals surface area (Å²) < 4.78 is 2.70. The van der Waals surface area contributed by atoms with Gasteiger partial charge in [-0.1, -0.05) is 18.2 Å². The van der Waals surface area contributed by atoms with E-state index in [0.717, 1.165) is 32.3 Å². The van der Waals surface area contributed by atoms with Crippen LogP contribution in [0.25, 0.3) is 27.8 Å². The summed E-state index contributed by atoms with van der Waals surface area (Å²) in [7, 11) is 0. The first kappa shape index (κ1) is 11.5. The molecule has 0 saturated heterocycles. The highest BCUT2D eigenvalue weighted by molar-refractivity contribution is 9.10. The van der Waals surface area contributed by atoms with Gasteiger partial charge in [-0.05, 0) is 34.1 Å². The average Bonchev–Trinajstić information content (AvgIpc) is 2.88. The lowest BCUT2D eigenvalue weighted by Crippen LogP contribution is -1.96. The standard InChI is InChI=1S/C15H9BrN4/c16-12-9-19-20-14(5-6-17-15(12)20)11-7-10-3-1-2-4-13(10)18-8-11/h1-9H. The van der Waals surface area contributed by atoms with E-state index in [1.807, 2.05) is 35.0 Å². The van der Waals surface area contributed by atoms with Gasteiger partial charge in [-0.25, -0.2) is 9.50 Å². The maximum absolute atomic E-state index is 4.50. The molecule has 4 aromatic rings. The molecule has 0 spiro atoms. The van der Waals surface area contributed by atoms with Gasteiger partial charge < -0.3 is 0 Å². The van der Waals surface area contributed by atoms with Crippen LogP contribution >= 0.6 is 15.9 Å². The quantitative estimate of drug-likeness (QED) is 0.536. The van der Waals surface area contributed by atoms with Crippen LogP contribution in [0.4, 0.5) is 0 Å². The van der Waals surface area contributed by atoms with Crippen LogP contribution in [0.5, 0.6) is 0 Å². The molecule has 0 N–H and O–H groups in total. The number of fused-ring (bicyclic) bond motifs is 2. The third-order valence-electron chi connectivity index (χ3n) is 3.24. The number of rotatable bonds is 1. The number of para-hydroxylation sites is 1. The topological polar surface area (TPSA) is 43.1 Å². The molecule has 0 saturated carbocycles. The molecule has 5 heteroatoms. The van der Waals surface area contributed by atoms with E-state index in [2.05, 4.69) is 43.1 Å². The van der Waals surface area contributed by atoms with E-state index in [1.165, 1.54) is 0 Å². The van der Waals surface area contributed by atoms with E-state index < -0.39 is 0 Å². The highest BCUT2D eigenvalue weighted by atomic mass is 79.9. The monoisotopic (exact) mass is 324 g/mol.